The number of hydrogen-bond acceptors (Lipinski definition) is 4. The summed E-state index contributed by atoms with van der Waals surface area (Å²) in [4.78, 5) is 16.3. The Bertz CT molecular complexity index is 853. The molecule has 0 bridgehead atoms. The lowest BCUT2D eigenvalue weighted by atomic mass is 10.2. The van der Waals surface area contributed by atoms with Gasteiger partial charge in [-0.3, -0.25) is 14.8 Å². The fourth-order valence-corrected chi connectivity index (χ4v) is 2.32. The van der Waals surface area contributed by atoms with Gasteiger partial charge in [-0.05, 0) is 18.6 Å². The van der Waals surface area contributed by atoms with E-state index in [1.54, 1.807) is 22.7 Å². The number of hydrogen-bond donors (Lipinski definition) is 1. The minimum absolute atomic E-state index is 0.241. The van der Waals surface area contributed by atoms with Crippen molar-refractivity contribution in [3.63, 3.8) is 0 Å². The highest BCUT2D eigenvalue weighted by Gasteiger charge is 2.14. The molecular formula is C15H15ClN6O. The van der Waals surface area contributed by atoms with Gasteiger partial charge in [0, 0.05) is 17.8 Å². The third-order valence-corrected chi connectivity index (χ3v) is 3.90. The van der Waals surface area contributed by atoms with Crippen LogP contribution in [0.15, 0.2) is 36.8 Å². The summed E-state index contributed by atoms with van der Waals surface area (Å²) < 4.78 is 3.26. The first-order chi connectivity index (χ1) is 11.0. The van der Waals surface area contributed by atoms with Crippen LogP contribution in [0.1, 0.15) is 21.6 Å². The molecule has 118 valence electrons. The normalized spacial score (nSPS) is 10.7. The van der Waals surface area contributed by atoms with Gasteiger partial charge in [0.05, 0.1) is 18.3 Å². The molecule has 1 N–H and O–H groups in total. The topological polar surface area (TPSA) is 77.6 Å². The van der Waals surface area contributed by atoms with E-state index in [2.05, 4.69) is 20.5 Å². The molecule has 8 heteroatoms. The summed E-state index contributed by atoms with van der Waals surface area (Å²) in [6.07, 6.45) is 3.07. The van der Waals surface area contributed by atoms with Crippen LogP contribution in [0.3, 0.4) is 0 Å². The molecule has 1 amide bonds. The maximum atomic E-state index is 12.2. The van der Waals surface area contributed by atoms with Crippen LogP contribution in [0.25, 0.3) is 0 Å². The molecule has 0 aliphatic heterocycles. The Morgan fingerprint density at radius 1 is 1.35 bits per heavy atom. The van der Waals surface area contributed by atoms with Crippen LogP contribution < -0.4 is 5.32 Å². The number of rotatable bonds is 4. The van der Waals surface area contributed by atoms with Gasteiger partial charge >= 0.3 is 0 Å². The standard InChI is InChI=1S/C15H15ClN6O/c1-10-12(7-18-21(10)2)14(23)19-15-17-9-22(20-15)8-11-5-3-4-6-13(11)16/h3-7,9H,8H2,1-2H3,(H,19,20,23). The Balaban J connectivity index is 1.71. The maximum absolute atomic E-state index is 12.2. The summed E-state index contributed by atoms with van der Waals surface area (Å²) in [5.74, 6) is -0.0450. The van der Waals surface area contributed by atoms with E-state index in [4.69, 9.17) is 11.6 Å². The van der Waals surface area contributed by atoms with Crippen LogP contribution in [0, 0.1) is 6.92 Å². The number of benzene rings is 1. The number of nitrogens with zero attached hydrogens (tertiary/aromatic N) is 5. The zero-order chi connectivity index (χ0) is 16.4. The van der Waals surface area contributed by atoms with E-state index < -0.39 is 0 Å². The molecule has 0 atom stereocenters. The van der Waals surface area contributed by atoms with Crippen molar-refractivity contribution in [1.29, 1.82) is 0 Å². The molecule has 0 saturated carbocycles. The lowest BCUT2D eigenvalue weighted by Gasteiger charge is -2.03. The number of aromatic nitrogens is 5. The number of carbonyl (C=O) groups is 1. The predicted molar refractivity (Wildman–Crippen MR) is 86.5 cm³/mol. The fraction of sp³-hybridized carbons (Fsp3) is 0.200. The van der Waals surface area contributed by atoms with Gasteiger partial charge in [-0.2, -0.15) is 5.10 Å². The molecule has 2 aromatic heterocycles. The van der Waals surface area contributed by atoms with E-state index in [1.165, 1.54) is 6.20 Å². The van der Waals surface area contributed by atoms with Crippen LogP contribution in [-0.2, 0) is 13.6 Å². The molecule has 0 aliphatic carbocycles. The Hall–Kier alpha value is -2.67. The number of halogens is 1. The molecule has 0 radical (unpaired) electrons. The summed E-state index contributed by atoms with van der Waals surface area (Å²) in [5, 5.41) is 11.6. The van der Waals surface area contributed by atoms with Gasteiger partial charge in [0.25, 0.3) is 5.91 Å². The van der Waals surface area contributed by atoms with E-state index in [-0.39, 0.29) is 11.9 Å². The van der Waals surface area contributed by atoms with E-state index in [9.17, 15) is 4.79 Å². The van der Waals surface area contributed by atoms with Crippen LogP contribution in [0.5, 0.6) is 0 Å². The fourth-order valence-electron chi connectivity index (χ4n) is 2.12. The van der Waals surface area contributed by atoms with Gasteiger partial charge in [-0.1, -0.05) is 29.8 Å². The number of anilines is 1. The van der Waals surface area contributed by atoms with Crippen molar-refractivity contribution < 1.29 is 4.79 Å². The Labute approximate surface area is 137 Å². The molecule has 0 spiro atoms. The second-order valence-corrected chi connectivity index (χ2v) is 5.49. The molecule has 0 unspecified atom stereocenters. The van der Waals surface area contributed by atoms with Crippen molar-refractivity contribution in [2.45, 2.75) is 13.5 Å². The summed E-state index contributed by atoms with van der Waals surface area (Å²) in [6.45, 7) is 2.31. The SMILES string of the molecule is Cc1c(C(=O)Nc2ncn(Cc3ccccc3Cl)n2)cnn1C. The Kier molecular flexibility index (Phi) is 4.12. The lowest BCUT2D eigenvalue weighted by Crippen LogP contribution is -2.14. The van der Waals surface area contributed by atoms with Crippen LogP contribution in [0.2, 0.25) is 5.02 Å². The quantitative estimate of drug-likeness (QED) is 0.796. The van der Waals surface area contributed by atoms with Gasteiger partial charge < -0.3 is 0 Å². The van der Waals surface area contributed by atoms with E-state index in [0.29, 0.717) is 17.1 Å². The number of aryl methyl sites for hydroxylation is 1. The second kappa shape index (κ2) is 6.21. The predicted octanol–water partition coefficient (Wildman–Crippen LogP) is 2.27. The monoisotopic (exact) mass is 330 g/mol. The second-order valence-electron chi connectivity index (χ2n) is 5.08. The van der Waals surface area contributed by atoms with Gasteiger partial charge in [0.15, 0.2) is 0 Å². The molecule has 0 saturated heterocycles. The smallest absolute Gasteiger partial charge is 0.261 e. The molecular weight excluding hydrogens is 316 g/mol. The zero-order valence-electron chi connectivity index (χ0n) is 12.7. The third-order valence-electron chi connectivity index (χ3n) is 3.53. The third kappa shape index (κ3) is 3.24. The maximum Gasteiger partial charge on any atom is 0.261 e. The Morgan fingerprint density at radius 3 is 2.83 bits per heavy atom. The summed E-state index contributed by atoms with van der Waals surface area (Å²) >= 11 is 6.12. The van der Waals surface area contributed by atoms with Crippen LogP contribution in [-0.4, -0.2) is 30.5 Å². The minimum Gasteiger partial charge on any atom is -0.289 e. The first-order valence-electron chi connectivity index (χ1n) is 6.97. The van der Waals surface area contributed by atoms with Crippen molar-refractivity contribution in [2.75, 3.05) is 5.32 Å². The van der Waals surface area contributed by atoms with Gasteiger partial charge in [0.1, 0.15) is 6.33 Å². The first-order valence-corrected chi connectivity index (χ1v) is 7.35. The molecule has 1 aromatic carbocycles. The average molecular weight is 331 g/mol. The molecule has 23 heavy (non-hydrogen) atoms. The largest absolute Gasteiger partial charge is 0.289 e. The molecule has 0 aliphatic rings. The summed E-state index contributed by atoms with van der Waals surface area (Å²) in [6, 6.07) is 7.52. The minimum atomic E-state index is -0.286. The lowest BCUT2D eigenvalue weighted by molar-refractivity contribution is 0.102. The van der Waals surface area contributed by atoms with Gasteiger partial charge in [-0.15, -0.1) is 5.10 Å². The number of carbonyl (C=O) groups excluding carboxylic acids is 1. The highest BCUT2D eigenvalue weighted by atomic mass is 35.5. The Morgan fingerprint density at radius 2 is 2.13 bits per heavy atom. The van der Waals surface area contributed by atoms with E-state index >= 15 is 0 Å². The molecule has 2 heterocycles. The summed E-state index contributed by atoms with van der Waals surface area (Å²) in [5.41, 5.74) is 2.20. The first kappa shape index (κ1) is 15.2. The number of nitrogens with one attached hydrogen (secondary N) is 1. The molecule has 0 fully saturated rings. The van der Waals surface area contributed by atoms with Crippen molar-refractivity contribution in [3.05, 3.63) is 58.6 Å². The highest BCUT2D eigenvalue weighted by Crippen LogP contribution is 2.16. The van der Waals surface area contributed by atoms with Crippen molar-refractivity contribution in [3.8, 4) is 0 Å². The molecule has 3 aromatic rings. The molecule has 7 nitrogen and oxygen atoms in total. The van der Waals surface area contributed by atoms with Crippen molar-refractivity contribution >= 4 is 23.5 Å². The van der Waals surface area contributed by atoms with Crippen LogP contribution in [0.4, 0.5) is 5.95 Å². The van der Waals surface area contributed by atoms with Gasteiger partial charge in [0.2, 0.25) is 5.95 Å². The van der Waals surface area contributed by atoms with E-state index in [0.717, 1.165) is 11.3 Å². The number of amides is 1. The van der Waals surface area contributed by atoms with Crippen molar-refractivity contribution in [1.82, 2.24) is 24.5 Å². The highest BCUT2D eigenvalue weighted by molar-refractivity contribution is 6.31. The summed E-state index contributed by atoms with van der Waals surface area (Å²) in [7, 11) is 1.78. The van der Waals surface area contributed by atoms with E-state index in [1.807, 2.05) is 31.2 Å². The van der Waals surface area contributed by atoms with Gasteiger partial charge in [-0.25, -0.2) is 9.67 Å². The van der Waals surface area contributed by atoms with Crippen molar-refractivity contribution in [2.24, 2.45) is 7.05 Å². The van der Waals surface area contributed by atoms with Crippen LogP contribution >= 0.6 is 11.6 Å². The average Bonchev–Trinajstić information content (AvgIpc) is 3.09. The molecule has 3 rings (SSSR count). The zero-order valence-corrected chi connectivity index (χ0v) is 13.4.